The van der Waals surface area contributed by atoms with Crippen LogP contribution < -0.4 is 5.32 Å². The molecule has 0 saturated heterocycles. The Labute approximate surface area is 101 Å². The van der Waals surface area contributed by atoms with Gasteiger partial charge in [-0.2, -0.15) is 10.2 Å². The molecule has 0 saturated carbocycles. The Bertz CT molecular complexity index is 483. The summed E-state index contributed by atoms with van der Waals surface area (Å²) in [6.07, 6.45) is 3.88. The van der Waals surface area contributed by atoms with E-state index in [0.29, 0.717) is 0 Å². The van der Waals surface area contributed by atoms with E-state index in [4.69, 9.17) is 0 Å². The van der Waals surface area contributed by atoms with Gasteiger partial charge in [0.1, 0.15) is 0 Å². The molecule has 5 nitrogen and oxygen atoms in total. The molecular formula is C12H19N5. The number of rotatable bonds is 5. The molecule has 1 N–H and O–H groups in total. The zero-order valence-corrected chi connectivity index (χ0v) is 10.6. The second kappa shape index (κ2) is 5.14. The third kappa shape index (κ3) is 2.74. The van der Waals surface area contributed by atoms with Gasteiger partial charge in [0.15, 0.2) is 0 Å². The molecule has 0 unspecified atom stereocenters. The summed E-state index contributed by atoms with van der Waals surface area (Å²) in [4.78, 5) is 0. The second-order valence-electron chi connectivity index (χ2n) is 4.17. The first-order chi connectivity index (χ1) is 8.20. The molecule has 0 amide bonds. The summed E-state index contributed by atoms with van der Waals surface area (Å²) < 4.78 is 3.81. The summed E-state index contributed by atoms with van der Waals surface area (Å²) in [5, 5.41) is 12.1. The number of hydrogen-bond donors (Lipinski definition) is 1. The minimum atomic E-state index is 0.735. The lowest BCUT2D eigenvalue weighted by Crippen LogP contribution is -2.12. The number of aromatic nitrogens is 4. The Kier molecular flexibility index (Phi) is 3.58. The topological polar surface area (TPSA) is 47.7 Å². The third-order valence-corrected chi connectivity index (χ3v) is 2.85. The van der Waals surface area contributed by atoms with Gasteiger partial charge in [-0.25, -0.2) is 0 Å². The molecule has 0 aliphatic heterocycles. The molecule has 92 valence electrons. The van der Waals surface area contributed by atoms with Crippen molar-refractivity contribution in [3.63, 3.8) is 0 Å². The van der Waals surface area contributed by atoms with E-state index in [0.717, 1.165) is 25.3 Å². The van der Waals surface area contributed by atoms with E-state index in [1.165, 1.54) is 11.3 Å². The van der Waals surface area contributed by atoms with Crippen molar-refractivity contribution < 1.29 is 0 Å². The van der Waals surface area contributed by atoms with Gasteiger partial charge in [-0.15, -0.1) is 0 Å². The van der Waals surface area contributed by atoms with Crippen LogP contribution in [-0.2, 0) is 20.1 Å². The summed E-state index contributed by atoms with van der Waals surface area (Å²) in [6, 6.07) is 2.02. The summed E-state index contributed by atoms with van der Waals surface area (Å²) >= 11 is 0. The van der Waals surface area contributed by atoms with Gasteiger partial charge < -0.3 is 5.32 Å². The Hall–Kier alpha value is -1.62. The van der Waals surface area contributed by atoms with Crippen molar-refractivity contribution in [3.8, 4) is 0 Å². The van der Waals surface area contributed by atoms with Crippen molar-refractivity contribution in [2.75, 3.05) is 6.54 Å². The maximum Gasteiger partial charge on any atom is 0.0852 e. The van der Waals surface area contributed by atoms with Crippen molar-refractivity contribution in [3.05, 3.63) is 35.4 Å². The molecule has 5 heteroatoms. The van der Waals surface area contributed by atoms with Crippen LogP contribution in [0.4, 0.5) is 0 Å². The van der Waals surface area contributed by atoms with Gasteiger partial charge in [-0.1, -0.05) is 6.92 Å². The predicted molar refractivity (Wildman–Crippen MR) is 66.7 cm³/mol. The van der Waals surface area contributed by atoms with Crippen molar-refractivity contribution in [1.29, 1.82) is 0 Å². The number of aryl methyl sites for hydroxylation is 1. The van der Waals surface area contributed by atoms with Crippen LogP contribution in [0, 0.1) is 6.92 Å². The maximum atomic E-state index is 4.40. The molecule has 0 atom stereocenters. The average Bonchev–Trinajstić information content (AvgIpc) is 2.86. The van der Waals surface area contributed by atoms with Crippen LogP contribution in [-0.4, -0.2) is 26.1 Å². The highest BCUT2D eigenvalue weighted by Gasteiger charge is 2.07. The zero-order chi connectivity index (χ0) is 12.3. The predicted octanol–water partition coefficient (Wildman–Crippen LogP) is 1.08. The highest BCUT2D eigenvalue weighted by molar-refractivity contribution is 5.17. The molecule has 17 heavy (non-hydrogen) atoms. The molecule has 2 aromatic heterocycles. The molecule has 0 spiro atoms. The first-order valence-corrected chi connectivity index (χ1v) is 5.91. The summed E-state index contributed by atoms with van der Waals surface area (Å²) in [6.45, 7) is 6.80. The molecule has 2 heterocycles. The molecule has 0 aromatic carbocycles. The van der Waals surface area contributed by atoms with Gasteiger partial charge in [0.25, 0.3) is 0 Å². The first kappa shape index (κ1) is 11.9. The largest absolute Gasteiger partial charge is 0.313 e. The number of nitrogens with zero attached hydrogens (tertiary/aromatic N) is 4. The van der Waals surface area contributed by atoms with Crippen LogP contribution in [0.2, 0.25) is 0 Å². The average molecular weight is 233 g/mol. The second-order valence-corrected chi connectivity index (χ2v) is 4.17. The van der Waals surface area contributed by atoms with E-state index >= 15 is 0 Å². The fourth-order valence-electron chi connectivity index (χ4n) is 1.78. The summed E-state index contributed by atoms with van der Waals surface area (Å²) in [5.41, 5.74) is 3.49. The molecule has 2 aromatic rings. The lowest BCUT2D eigenvalue weighted by atomic mass is 10.2. The lowest BCUT2D eigenvalue weighted by Gasteiger charge is -2.04. The van der Waals surface area contributed by atoms with E-state index in [2.05, 4.69) is 29.4 Å². The van der Waals surface area contributed by atoms with Gasteiger partial charge in [-0.3, -0.25) is 9.36 Å². The normalized spacial score (nSPS) is 11.0. The Morgan fingerprint density at radius 2 is 2.24 bits per heavy atom. The van der Waals surface area contributed by atoms with Crippen LogP contribution >= 0.6 is 0 Å². The van der Waals surface area contributed by atoms with Crippen molar-refractivity contribution in [1.82, 2.24) is 24.9 Å². The smallest absolute Gasteiger partial charge is 0.0852 e. The van der Waals surface area contributed by atoms with E-state index < -0.39 is 0 Å². The standard InChI is InChI=1S/C12H19N5/c1-4-13-7-11-8-14-17(10(11)2)9-12-5-6-16(3)15-12/h5-6,8,13H,4,7,9H2,1-3H3. The fourth-order valence-corrected chi connectivity index (χ4v) is 1.78. The minimum absolute atomic E-state index is 0.735. The Balaban J connectivity index is 2.09. The molecule has 0 fully saturated rings. The van der Waals surface area contributed by atoms with E-state index in [-0.39, 0.29) is 0 Å². The summed E-state index contributed by atoms with van der Waals surface area (Å²) in [5.74, 6) is 0. The Morgan fingerprint density at radius 3 is 2.88 bits per heavy atom. The van der Waals surface area contributed by atoms with Crippen molar-refractivity contribution in [2.24, 2.45) is 7.05 Å². The molecule has 0 aliphatic rings. The fraction of sp³-hybridized carbons (Fsp3) is 0.500. The molecule has 2 rings (SSSR count). The van der Waals surface area contributed by atoms with E-state index in [1.807, 2.05) is 34.9 Å². The number of nitrogens with one attached hydrogen (secondary N) is 1. The lowest BCUT2D eigenvalue weighted by molar-refractivity contribution is 0.631. The highest BCUT2D eigenvalue weighted by atomic mass is 15.3. The van der Waals surface area contributed by atoms with Gasteiger partial charge in [-0.05, 0) is 19.5 Å². The molecule has 0 radical (unpaired) electrons. The van der Waals surface area contributed by atoms with Gasteiger partial charge >= 0.3 is 0 Å². The van der Waals surface area contributed by atoms with Crippen LogP contribution in [0.5, 0.6) is 0 Å². The quantitative estimate of drug-likeness (QED) is 0.840. The van der Waals surface area contributed by atoms with Crippen molar-refractivity contribution >= 4 is 0 Å². The van der Waals surface area contributed by atoms with Gasteiger partial charge in [0.05, 0.1) is 18.4 Å². The minimum Gasteiger partial charge on any atom is -0.313 e. The third-order valence-electron chi connectivity index (χ3n) is 2.85. The van der Waals surface area contributed by atoms with Crippen LogP contribution in [0.25, 0.3) is 0 Å². The van der Waals surface area contributed by atoms with Crippen LogP contribution in [0.15, 0.2) is 18.5 Å². The molecule has 0 aliphatic carbocycles. The van der Waals surface area contributed by atoms with Gasteiger partial charge in [0, 0.05) is 31.0 Å². The van der Waals surface area contributed by atoms with E-state index in [1.54, 1.807) is 0 Å². The van der Waals surface area contributed by atoms with E-state index in [9.17, 15) is 0 Å². The first-order valence-electron chi connectivity index (χ1n) is 5.91. The number of hydrogen-bond acceptors (Lipinski definition) is 3. The zero-order valence-electron chi connectivity index (χ0n) is 10.6. The molecular weight excluding hydrogens is 214 g/mol. The molecule has 0 bridgehead atoms. The van der Waals surface area contributed by atoms with Crippen LogP contribution in [0.1, 0.15) is 23.9 Å². The van der Waals surface area contributed by atoms with Gasteiger partial charge in [0.2, 0.25) is 0 Å². The monoisotopic (exact) mass is 233 g/mol. The maximum absolute atomic E-state index is 4.40. The summed E-state index contributed by atoms with van der Waals surface area (Å²) in [7, 11) is 1.93. The highest BCUT2D eigenvalue weighted by Crippen LogP contribution is 2.08. The van der Waals surface area contributed by atoms with Crippen molar-refractivity contribution in [2.45, 2.75) is 26.9 Å². The SMILES string of the molecule is CCNCc1cnn(Cc2ccn(C)n2)c1C. The van der Waals surface area contributed by atoms with Crippen LogP contribution in [0.3, 0.4) is 0 Å². The Morgan fingerprint density at radius 1 is 1.41 bits per heavy atom.